The van der Waals surface area contributed by atoms with Gasteiger partial charge in [-0.2, -0.15) is 0 Å². The Kier molecular flexibility index (Phi) is 2.95. The maximum Gasteiger partial charge on any atom is 0.0643 e. The van der Waals surface area contributed by atoms with Crippen molar-refractivity contribution in [2.24, 2.45) is 4.99 Å². The van der Waals surface area contributed by atoms with E-state index in [1.54, 1.807) is 0 Å². The molecule has 0 aliphatic carbocycles. The molecule has 2 aliphatic rings. The third kappa shape index (κ3) is 2.26. The molecule has 2 heteroatoms. The fourth-order valence-corrected chi connectivity index (χ4v) is 2.51. The lowest BCUT2D eigenvalue weighted by molar-refractivity contribution is 0.949. The lowest BCUT2D eigenvalue weighted by Crippen LogP contribution is -2.17. The largest absolute Gasteiger partial charge is 0.372 e. The van der Waals surface area contributed by atoms with Crippen LogP contribution in [0.4, 0.5) is 5.69 Å². The zero-order chi connectivity index (χ0) is 11.5. The zero-order valence-electron chi connectivity index (χ0n) is 10.1. The lowest BCUT2D eigenvalue weighted by Gasteiger charge is -2.18. The van der Waals surface area contributed by atoms with Crippen molar-refractivity contribution in [3.63, 3.8) is 0 Å². The highest BCUT2D eigenvalue weighted by Gasteiger charge is 2.12. The Labute approximate surface area is 103 Å². The van der Waals surface area contributed by atoms with Gasteiger partial charge in [-0.25, -0.2) is 0 Å². The van der Waals surface area contributed by atoms with Crippen molar-refractivity contribution < 1.29 is 0 Å². The molecule has 0 aromatic heterocycles. The number of dihydropyridines is 1. The molecular weight excluding hydrogens is 208 g/mol. The Bertz CT molecular complexity index is 436. The van der Waals surface area contributed by atoms with Crippen LogP contribution in [0.3, 0.4) is 0 Å². The van der Waals surface area contributed by atoms with Gasteiger partial charge >= 0.3 is 0 Å². The summed E-state index contributed by atoms with van der Waals surface area (Å²) in [5, 5.41) is 0. The summed E-state index contributed by atoms with van der Waals surface area (Å²) in [5.41, 5.74) is 3.72. The first kappa shape index (κ1) is 10.6. The first-order valence-electron chi connectivity index (χ1n) is 6.50. The molecule has 1 aromatic rings. The summed E-state index contributed by atoms with van der Waals surface area (Å²) in [6, 6.07) is 8.85. The van der Waals surface area contributed by atoms with Crippen LogP contribution in [0.25, 0.3) is 0 Å². The second-order valence-electron chi connectivity index (χ2n) is 4.70. The normalized spacial score (nSPS) is 19.5. The minimum Gasteiger partial charge on any atom is -0.372 e. The zero-order valence-corrected chi connectivity index (χ0v) is 10.1. The Morgan fingerprint density at radius 2 is 1.76 bits per heavy atom. The number of rotatable bonds is 2. The Balaban J connectivity index is 1.79. The SMILES string of the molecule is C1=CC(c2ccc(N3CCCC3)cc2)=NCC1. The van der Waals surface area contributed by atoms with Gasteiger partial charge < -0.3 is 4.90 Å². The predicted octanol–water partition coefficient (Wildman–Crippen LogP) is 3.04. The van der Waals surface area contributed by atoms with E-state index >= 15 is 0 Å². The molecule has 0 spiro atoms. The van der Waals surface area contributed by atoms with Gasteiger partial charge in [0.15, 0.2) is 0 Å². The molecule has 3 rings (SSSR count). The van der Waals surface area contributed by atoms with E-state index in [9.17, 15) is 0 Å². The predicted molar refractivity (Wildman–Crippen MR) is 73.1 cm³/mol. The molecule has 17 heavy (non-hydrogen) atoms. The van der Waals surface area contributed by atoms with Gasteiger partial charge in [0.1, 0.15) is 0 Å². The summed E-state index contributed by atoms with van der Waals surface area (Å²) < 4.78 is 0. The smallest absolute Gasteiger partial charge is 0.0643 e. The van der Waals surface area contributed by atoms with E-state index in [4.69, 9.17) is 0 Å². The molecule has 2 aliphatic heterocycles. The van der Waals surface area contributed by atoms with E-state index in [-0.39, 0.29) is 0 Å². The van der Waals surface area contributed by atoms with Crippen molar-refractivity contribution in [2.75, 3.05) is 24.5 Å². The van der Waals surface area contributed by atoms with Crippen molar-refractivity contribution in [3.05, 3.63) is 42.0 Å². The van der Waals surface area contributed by atoms with Gasteiger partial charge in [-0.1, -0.05) is 18.2 Å². The summed E-state index contributed by atoms with van der Waals surface area (Å²) in [6.07, 6.45) is 8.08. The van der Waals surface area contributed by atoms with Crippen LogP contribution in [0.5, 0.6) is 0 Å². The fraction of sp³-hybridized carbons (Fsp3) is 0.400. The fourth-order valence-electron chi connectivity index (χ4n) is 2.51. The third-order valence-electron chi connectivity index (χ3n) is 3.49. The van der Waals surface area contributed by atoms with Crippen molar-refractivity contribution in [2.45, 2.75) is 19.3 Å². The van der Waals surface area contributed by atoms with E-state index < -0.39 is 0 Å². The van der Waals surface area contributed by atoms with E-state index in [0.717, 1.165) is 18.7 Å². The molecule has 1 saturated heterocycles. The average molecular weight is 226 g/mol. The van der Waals surface area contributed by atoms with Crippen LogP contribution in [0, 0.1) is 0 Å². The van der Waals surface area contributed by atoms with Crippen LogP contribution in [0.15, 0.2) is 41.4 Å². The van der Waals surface area contributed by atoms with Crippen LogP contribution < -0.4 is 4.90 Å². The molecule has 0 radical (unpaired) electrons. The van der Waals surface area contributed by atoms with Gasteiger partial charge in [-0.05, 0) is 43.0 Å². The number of hydrogen-bond acceptors (Lipinski definition) is 2. The standard InChI is InChI=1S/C15H18N2/c1-2-10-16-15(5-1)13-6-8-14(9-7-13)17-11-3-4-12-17/h1,5-9H,2-4,10-12H2. The van der Waals surface area contributed by atoms with E-state index in [0.29, 0.717) is 0 Å². The van der Waals surface area contributed by atoms with Crippen molar-refractivity contribution in [1.82, 2.24) is 0 Å². The highest BCUT2D eigenvalue weighted by Crippen LogP contribution is 2.21. The third-order valence-corrected chi connectivity index (χ3v) is 3.49. The summed E-state index contributed by atoms with van der Waals surface area (Å²) >= 11 is 0. The van der Waals surface area contributed by atoms with Crippen molar-refractivity contribution >= 4 is 11.4 Å². The van der Waals surface area contributed by atoms with E-state index in [1.165, 1.54) is 37.2 Å². The van der Waals surface area contributed by atoms with Gasteiger partial charge in [0, 0.05) is 25.3 Å². The van der Waals surface area contributed by atoms with Gasteiger partial charge in [-0.15, -0.1) is 0 Å². The number of hydrogen-bond donors (Lipinski definition) is 0. The number of benzene rings is 1. The summed E-state index contributed by atoms with van der Waals surface area (Å²) in [7, 11) is 0. The first-order chi connectivity index (χ1) is 8.43. The Morgan fingerprint density at radius 1 is 1.00 bits per heavy atom. The minimum atomic E-state index is 0.930. The van der Waals surface area contributed by atoms with Crippen LogP contribution >= 0.6 is 0 Å². The topological polar surface area (TPSA) is 15.6 Å². The summed E-state index contributed by atoms with van der Waals surface area (Å²) in [5.74, 6) is 0. The molecule has 0 atom stereocenters. The van der Waals surface area contributed by atoms with Crippen LogP contribution in [0.2, 0.25) is 0 Å². The molecule has 0 unspecified atom stereocenters. The molecule has 1 fully saturated rings. The molecule has 1 aromatic carbocycles. The quantitative estimate of drug-likeness (QED) is 0.756. The highest BCUT2D eigenvalue weighted by atomic mass is 15.1. The molecule has 0 amide bonds. The number of aliphatic imine (C=N–C) groups is 1. The highest BCUT2D eigenvalue weighted by molar-refractivity contribution is 6.09. The van der Waals surface area contributed by atoms with Crippen molar-refractivity contribution in [3.8, 4) is 0 Å². The molecular formula is C15H18N2. The molecule has 2 heterocycles. The maximum absolute atomic E-state index is 4.54. The second kappa shape index (κ2) is 4.74. The molecule has 2 nitrogen and oxygen atoms in total. The van der Waals surface area contributed by atoms with Crippen LogP contribution in [0.1, 0.15) is 24.8 Å². The number of nitrogens with zero attached hydrogens (tertiary/aromatic N) is 2. The van der Waals surface area contributed by atoms with Crippen molar-refractivity contribution in [1.29, 1.82) is 0 Å². The van der Waals surface area contributed by atoms with Crippen LogP contribution in [-0.2, 0) is 0 Å². The van der Waals surface area contributed by atoms with Gasteiger partial charge in [-0.3, -0.25) is 4.99 Å². The van der Waals surface area contributed by atoms with E-state index in [1.807, 2.05) is 0 Å². The summed E-state index contributed by atoms with van der Waals surface area (Å²) in [6.45, 7) is 3.35. The van der Waals surface area contributed by atoms with Gasteiger partial charge in [0.2, 0.25) is 0 Å². The Morgan fingerprint density at radius 3 is 2.41 bits per heavy atom. The molecule has 88 valence electrons. The molecule has 0 N–H and O–H groups in total. The molecule has 0 saturated carbocycles. The Hall–Kier alpha value is -1.57. The first-order valence-corrected chi connectivity index (χ1v) is 6.50. The number of allylic oxidation sites excluding steroid dienone is 1. The second-order valence-corrected chi connectivity index (χ2v) is 4.70. The maximum atomic E-state index is 4.54. The number of anilines is 1. The van der Waals surface area contributed by atoms with Crippen LogP contribution in [-0.4, -0.2) is 25.3 Å². The van der Waals surface area contributed by atoms with Gasteiger partial charge in [0.25, 0.3) is 0 Å². The average Bonchev–Trinajstić information content (AvgIpc) is 2.94. The van der Waals surface area contributed by atoms with E-state index in [2.05, 4.69) is 46.3 Å². The summed E-state index contributed by atoms with van der Waals surface area (Å²) in [4.78, 5) is 7.00. The minimum absolute atomic E-state index is 0.930. The lowest BCUT2D eigenvalue weighted by atomic mass is 10.1. The molecule has 0 bridgehead atoms. The monoisotopic (exact) mass is 226 g/mol. The van der Waals surface area contributed by atoms with Gasteiger partial charge in [0.05, 0.1) is 5.71 Å².